The molecule has 0 aromatic heterocycles. The van der Waals surface area contributed by atoms with Crippen LogP contribution in [0.3, 0.4) is 0 Å². The molecule has 0 bridgehead atoms. The van der Waals surface area contributed by atoms with Crippen LogP contribution in [-0.4, -0.2) is 80.4 Å². The van der Waals surface area contributed by atoms with Crippen molar-refractivity contribution in [2.45, 2.75) is 6.42 Å². The molecule has 174 valence electrons. The maximum atomic E-state index is 13.0. The Morgan fingerprint density at radius 2 is 1.70 bits per heavy atom. The van der Waals surface area contributed by atoms with Gasteiger partial charge in [-0.2, -0.15) is 0 Å². The number of anilines is 1. The summed E-state index contributed by atoms with van der Waals surface area (Å²) < 4.78 is 5.11. The lowest BCUT2D eigenvalue weighted by atomic mass is 10.1. The number of hydrogen-bond acceptors (Lipinski definition) is 5. The zero-order valence-electron chi connectivity index (χ0n) is 18.9. The number of ether oxygens (including phenoxy) is 1. The molecule has 8 heteroatoms. The van der Waals surface area contributed by atoms with Crippen molar-refractivity contribution in [2.24, 2.45) is 5.92 Å². The molecule has 4 rings (SSSR count). The summed E-state index contributed by atoms with van der Waals surface area (Å²) in [4.78, 5) is 43.5. The van der Waals surface area contributed by atoms with E-state index in [0.717, 1.165) is 25.3 Å². The number of piperazine rings is 1. The molecule has 0 aliphatic carbocycles. The molecule has 3 amide bonds. The first kappa shape index (κ1) is 22.8. The van der Waals surface area contributed by atoms with E-state index in [1.54, 1.807) is 36.3 Å². The third-order valence-corrected chi connectivity index (χ3v) is 6.29. The van der Waals surface area contributed by atoms with Crippen LogP contribution in [0, 0.1) is 5.92 Å². The minimum atomic E-state index is -0.284. The van der Waals surface area contributed by atoms with Crippen LogP contribution in [-0.2, 0) is 9.59 Å². The standard InChI is InChI=1S/C25H30N4O4/c1-33-22-9-7-19(8-10-22)24(31)26-11-12-27-13-15-28(16-14-27)25(32)20-17-23(30)29(18-20)21-5-3-2-4-6-21/h2-10,20H,11-18H2,1H3,(H,26,31). The fourth-order valence-corrected chi connectivity index (χ4v) is 4.35. The lowest BCUT2D eigenvalue weighted by molar-refractivity contribution is -0.137. The van der Waals surface area contributed by atoms with Crippen molar-refractivity contribution in [1.82, 2.24) is 15.1 Å². The first-order valence-electron chi connectivity index (χ1n) is 11.3. The smallest absolute Gasteiger partial charge is 0.251 e. The quantitative estimate of drug-likeness (QED) is 0.693. The molecule has 1 unspecified atom stereocenters. The van der Waals surface area contributed by atoms with Crippen molar-refractivity contribution >= 4 is 23.4 Å². The lowest BCUT2D eigenvalue weighted by Crippen LogP contribution is -2.51. The summed E-state index contributed by atoms with van der Waals surface area (Å²) in [6.45, 7) is 4.51. The van der Waals surface area contributed by atoms with E-state index in [2.05, 4.69) is 10.2 Å². The number of nitrogens with one attached hydrogen (secondary N) is 1. The van der Waals surface area contributed by atoms with E-state index < -0.39 is 0 Å². The van der Waals surface area contributed by atoms with E-state index in [-0.39, 0.29) is 30.1 Å². The van der Waals surface area contributed by atoms with Crippen molar-refractivity contribution in [1.29, 1.82) is 0 Å². The molecule has 0 radical (unpaired) electrons. The summed E-state index contributed by atoms with van der Waals surface area (Å²) in [6.07, 6.45) is 0.269. The number of hydrogen-bond donors (Lipinski definition) is 1. The van der Waals surface area contributed by atoms with Gasteiger partial charge in [-0.25, -0.2) is 0 Å². The van der Waals surface area contributed by atoms with Gasteiger partial charge in [-0.15, -0.1) is 0 Å². The summed E-state index contributed by atoms with van der Waals surface area (Å²) in [5, 5.41) is 2.94. The molecule has 2 aliphatic rings. The number of methoxy groups -OCH3 is 1. The third-order valence-electron chi connectivity index (χ3n) is 6.29. The number of amides is 3. The maximum absolute atomic E-state index is 13.0. The minimum absolute atomic E-state index is 0.00536. The van der Waals surface area contributed by atoms with E-state index >= 15 is 0 Å². The van der Waals surface area contributed by atoms with Gasteiger partial charge in [-0.05, 0) is 36.4 Å². The fourth-order valence-electron chi connectivity index (χ4n) is 4.35. The normalized spacial score (nSPS) is 18.9. The molecule has 8 nitrogen and oxygen atoms in total. The molecule has 2 fully saturated rings. The van der Waals surface area contributed by atoms with Gasteiger partial charge >= 0.3 is 0 Å². The Kier molecular flexibility index (Phi) is 7.24. The van der Waals surface area contributed by atoms with Gasteiger partial charge in [-0.3, -0.25) is 19.3 Å². The summed E-state index contributed by atoms with van der Waals surface area (Å²) in [5.41, 5.74) is 1.45. The van der Waals surface area contributed by atoms with E-state index in [0.29, 0.717) is 37.5 Å². The van der Waals surface area contributed by atoms with Crippen LogP contribution >= 0.6 is 0 Å². The van der Waals surface area contributed by atoms with Crippen LogP contribution in [0.4, 0.5) is 5.69 Å². The average Bonchev–Trinajstić information content (AvgIpc) is 3.26. The maximum Gasteiger partial charge on any atom is 0.251 e. The second kappa shape index (κ2) is 10.5. The molecular weight excluding hydrogens is 420 g/mol. The van der Waals surface area contributed by atoms with Crippen LogP contribution in [0.25, 0.3) is 0 Å². The second-order valence-electron chi connectivity index (χ2n) is 8.39. The Hall–Kier alpha value is -3.39. The Morgan fingerprint density at radius 1 is 1.00 bits per heavy atom. The number of carbonyl (C=O) groups is 3. The second-order valence-corrected chi connectivity index (χ2v) is 8.39. The number of benzene rings is 2. The van der Waals surface area contributed by atoms with Crippen LogP contribution in [0.5, 0.6) is 5.75 Å². The van der Waals surface area contributed by atoms with Crippen molar-refractivity contribution in [3.8, 4) is 5.75 Å². The molecule has 2 aliphatic heterocycles. The zero-order valence-corrected chi connectivity index (χ0v) is 18.9. The van der Waals surface area contributed by atoms with Gasteiger partial charge in [0.05, 0.1) is 13.0 Å². The highest BCUT2D eigenvalue weighted by molar-refractivity contribution is 6.00. The Labute approximate surface area is 194 Å². The zero-order chi connectivity index (χ0) is 23.2. The summed E-state index contributed by atoms with van der Waals surface area (Å²) in [7, 11) is 1.59. The highest BCUT2D eigenvalue weighted by Crippen LogP contribution is 2.26. The molecule has 0 saturated carbocycles. The van der Waals surface area contributed by atoms with Crippen LogP contribution < -0.4 is 15.0 Å². The van der Waals surface area contributed by atoms with E-state index in [1.165, 1.54) is 0 Å². The van der Waals surface area contributed by atoms with Gasteiger partial charge in [0.15, 0.2) is 0 Å². The van der Waals surface area contributed by atoms with Crippen molar-refractivity contribution in [3.63, 3.8) is 0 Å². The summed E-state index contributed by atoms with van der Waals surface area (Å²) in [5.74, 6) is 0.391. The fraction of sp³-hybridized carbons (Fsp3) is 0.400. The van der Waals surface area contributed by atoms with Crippen molar-refractivity contribution in [3.05, 3.63) is 60.2 Å². The monoisotopic (exact) mass is 450 g/mol. The number of rotatable bonds is 7. The molecule has 1 atom stereocenters. The van der Waals surface area contributed by atoms with Gasteiger partial charge in [0.25, 0.3) is 5.91 Å². The SMILES string of the molecule is COc1ccc(C(=O)NCCN2CCN(C(=O)C3CC(=O)N(c4ccccc4)C3)CC2)cc1. The largest absolute Gasteiger partial charge is 0.497 e. The van der Waals surface area contributed by atoms with Crippen LogP contribution in [0.1, 0.15) is 16.8 Å². The topological polar surface area (TPSA) is 82.2 Å². The van der Waals surface area contributed by atoms with Crippen LogP contribution in [0.2, 0.25) is 0 Å². The highest BCUT2D eigenvalue weighted by atomic mass is 16.5. The van der Waals surface area contributed by atoms with Gasteiger partial charge in [-0.1, -0.05) is 18.2 Å². The minimum Gasteiger partial charge on any atom is -0.497 e. The molecule has 33 heavy (non-hydrogen) atoms. The molecule has 2 aromatic rings. The third kappa shape index (κ3) is 5.51. The highest BCUT2D eigenvalue weighted by Gasteiger charge is 2.37. The number of carbonyl (C=O) groups excluding carboxylic acids is 3. The Morgan fingerprint density at radius 3 is 2.36 bits per heavy atom. The summed E-state index contributed by atoms with van der Waals surface area (Å²) in [6, 6.07) is 16.5. The van der Waals surface area contributed by atoms with E-state index in [1.807, 2.05) is 35.2 Å². The Bertz CT molecular complexity index is 972. The number of nitrogens with zero attached hydrogens (tertiary/aromatic N) is 3. The Balaban J connectivity index is 1.19. The first-order chi connectivity index (χ1) is 16.0. The lowest BCUT2D eigenvalue weighted by Gasteiger charge is -2.35. The molecular formula is C25H30N4O4. The average molecular weight is 451 g/mol. The number of para-hydroxylation sites is 1. The van der Waals surface area contributed by atoms with Gasteiger partial charge in [0, 0.05) is 63.5 Å². The van der Waals surface area contributed by atoms with Crippen molar-refractivity contribution in [2.75, 3.05) is 57.8 Å². The molecule has 2 aromatic carbocycles. The molecule has 0 spiro atoms. The van der Waals surface area contributed by atoms with Gasteiger partial charge in [0.2, 0.25) is 11.8 Å². The first-order valence-corrected chi connectivity index (χ1v) is 11.3. The van der Waals surface area contributed by atoms with Crippen molar-refractivity contribution < 1.29 is 19.1 Å². The summed E-state index contributed by atoms with van der Waals surface area (Å²) >= 11 is 0. The predicted octanol–water partition coefficient (Wildman–Crippen LogP) is 1.62. The van der Waals surface area contributed by atoms with E-state index in [4.69, 9.17) is 4.74 Å². The van der Waals surface area contributed by atoms with Crippen LogP contribution in [0.15, 0.2) is 54.6 Å². The molecule has 1 N–H and O–H groups in total. The molecule has 2 saturated heterocycles. The van der Waals surface area contributed by atoms with Gasteiger partial charge in [0.1, 0.15) is 5.75 Å². The van der Waals surface area contributed by atoms with E-state index in [9.17, 15) is 14.4 Å². The molecule has 2 heterocycles. The van der Waals surface area contributed by atoms with Gasteiger partial charge < -0.3 is 19.9 Å². The predicted molar refractivity (Wildman–Crippen MR) is 125 cm³/mol.